The molecule has 7 heteroatoms. The number of halogens is 5. The summed E-state index contributed by atoms with van der Waals surface area (Å²) >= 11 is 0. The Hall–Kier alpha value is -2.80. The Morgan fingerprint density at radius 2 is 1.62 bits per heavy atom. The van der Waals surface area contributed by atoms with E-state index in [4.69, 9.17) is 4.98 Å². The van der Waals surface area contributed by atoms with Gasteiger partial charge in [0.25, 0.3) is 0 Å². The van der Waals surface area contributed by atoms with E-state index in [2.05, 4.69) is 0 Å². The smallest absolute Gasteiger partial charge is 0.388 e. The van der Waals surface area contributed by atoms with Crippen LogP contribution in [0.15, 0.2) is 48.5 Å². The highest BCUT2D eigenvalue weighted by molar-refractivity contribution is 5.75. The van der Waals surface area contributed by atoms with Crippen molar-refractivity contribution in [3.05, 3.63) is 88.0 Å². The number of alkyl halides is 4. The minimum atomic E-state index is -4.52. The Bertz CT molecular complexity index is 1220. The molecule has 0 radical (unpaired) electrons. The molecule has 0 spiro atoms. The number of rotatable bonds is 4. The van der Waals surface area contributed by atoms with Crippen molar-refractivity contribution >= 4 is 0 Å². The Labute approximate surface area is 194 Å². The molecule has 2 nitrogen and oxygen atoms in total. The molecule has 2 aliphatic rings. The van der Waals surface area contributed by atoms with Gasteiger partial charge in [-0.3, -0.25) is 4.98 Å². The van der Waals surface area contributed by atoms with Gasteiger partial charge < -0.3 is 5.11 Å². The molecule has 4 atom stereocenters. The normalized spacial score (nSPS) is 22.3. The summed E-state index contributed by atoms with van der Waals surface area (Å²) in [5.41, 5.74) is 2.27. The summed E-state index contributed by atoms with van der Waals surface area (Å²) in [5.74, 6) is -0.0746. The third-order valence-electron chi connectivity index (χ3n) is 6.93. The zero-order valence-electron chi connectivity index (χ0n) is 18.7. The van der Waals surface area contributed by atoms with Gasteiger partial charge >= 0.3 is 6.18 Å². The quantitative estimate of drug-likeness (QED) is 0.395. The van der Waals surface area contributed by atoms with Crippen molar-refractivity contribution < 1.29 is 27.1 Å². The fourth-order valence-corrected chi connectivity index (χ4v) is 5.15. The maximum absolute atomic E-state index is 16.3. The number of hydrogen-bond acceptors (Lipinski definition) is 2. The molecule has 0 aliphatic heterocycles. The largest absolute Gasteiger partial charge is 0.416 e. The van der Waals surface area contributed by atoms with Gasteiger partial charge in [-0.2, -0.15) is 13.2 Å². The van der Waals surface area contributed by atoms with Crippen molar-refractivity contribution in [2.24, 2.45) is 5.92 Å². The Kier molecular flexibility index (Phi) is 5.51. The minimum Gasteiger partial charge on any atom is -0.388 e. The first-order chi connectivity index (χ1) is 16.1. The number of hydrogen-bond donors (Lipinski definition) is 1. The first kappa shape index (κ1) is 23.0. The summed E-state index contributed by atoms with van der Waals surface area (Å²) < 4.78 is 69.1. The summed E-state index contributed by atoms with van der Waals surface area (Å²) in [6, 6.07) is 9.65. The van der Waals surface area contributed by atoms with Crippen molar-refractivity contribution in [3.8, 4) is 11.1 Å². The number of aliphatic hydroxyl groups excluding tert-OH is 1. The molecule has 1 N–H and O–H groups in total. The highest BCUT2D eigenvalue weighted by Crippen LogP contribution is 2.59. The van der Waals surface area contributed by atoms with E-state index < -0.39 is 29.8 Å². The molecule has 2 aromatic carbocycles. The van der Waals surface area contributed by atoms with Crippen molar-refractivity contribution in [2.75, 3.05) is 0 Å². The van der Waals surface area contributed by atoms with Crippen LogP contribution >= 0.6 is 0 Å². The van der Waals surface area contributed by atoms with E-state index >= 15 is 4.39 Å². The Morgan fingerprint density at radius 3 is 2.21 bits per heavy atom. The van der Waals surface area contributed by atoms with Gasteiger partial charge in [-0.1, -0.05) is 38.1 Å². The second kappa shape index (κ2) is 8.15. The number of pyridine rings is 1. The van der Waals surface area contributed by atoms with Crippen LogP contribution in [0.5, 0.6) is 0 Å². The molecule has 34 heavy (non-hydrogen) atoms. The Balaban J connectivity index is 1.75. The van der Waals surface area contributed by atoms with Gasteiger partial charge in [0.05, 0.1) is 23.1 Å². The van der Waals surface area contributed by atoms with Crippen LogP contribution < -0.4 is 0 Å². The molecule has 3 aromatic rings. The Morgan fingerprint density at radius 1 is 0.971 bits per heavy atom. The van der Waals surface area contributed by atoms with Crippen LogP contribution in [-0.2, 0) is 6.18 Å². The van der Waals surface area contributed by atoms with Gasteiger partial charge in [0, 0.05) is 17.0 Å². The molecule has 1 aromatic heterocycles. The van der Waals surface area contributed by atoms with Crippen LogP contribution in [0.25, 0.3) is 11.1 Å². The van der Waals surface area contributed by atoms with Crippen LogP contribution in [0.1, 0.15) is 84.4 Å². The van der Waals surface area contributed by atoms with Crippen molar-refractivity contribution in [1.29, 1.82) is 0 Å². The average molecular weight is 473 g/mol. The van der Waals surface area contributed by atoms with Crippen LogP contribution in [0.4, 0.5) is 22.0 Å². The summed E-state index contributed by atoms with van der Waals surface area (Å²) in [6.07, 6.45) is -5.68. The molecule has 0 amide bonds. The van der Waals surface area contributed by atoms with Crippen molar-refractivity contribution in [1.82, 2.24) is 4.98 Å². The van der Waals surface area contributed by atoms with E-state index in [1.165, 1.54) is 12.1 Å². The second-order valence-corrected chi connectivity index (χ2v) is 9.58. The predicted molar refractivity (Wildman–Crippen MR) is 119 cm³/mol. The van der Waals surface area contributed by atoms with Gasteiger partial charge in [-0.15, -0.1) is 0 Å². The molecule has 1 saturated carbocycles. The lowest BCUT2D eigenvalue weighted by atomic mass is 9.80. The van der Waals surface area contributed by atoms with E-state index in [-0.39, 0.29) is 23.0 Å². The highest BCUT2D eigenvalue weighted by atomic mass is 19.4. The number of nitrogens with zero attached hydrogens (tertiary/aromatic N) is 1. The molecule has 1 heterocycles. The van der Waals surface area contributed by atoms with Crippen LogP contribution in [0, 0.1) is 11.7 Å². The van der Waals surface area contributed by atoms with E-state index in [0.717, 1.165) is 36.4 Å². The second-order valence-electron chi connectivity index (χ2n) is 9.58. The lowest BCUT2D eigenvalue weighted by Crippen LogP contribution is -2.18. The van der Waals surface area contributed by atoms with Gasteiger partial charge in [0.15, 0.2) is 6.17 Å². The highest BCUT2D eigenvalue weighted by Gasteiger charge is 2.48. The number of fused-ring (bicyclic) bond motifs is 3. The third kappa shape index (κ3) is 3.90. The summed E-state index contributed by atoms with van der Waals surface area (Å²) in [6.45, 7) is 3.77. The number of aromatic nitrogens is 1. The van der Waals surface area contributed by atoms with E-state index in [1.807, 2.05) is 13.8 Å². The topological polar surface area (TPSA) is 33.1 Å². The first-order valence-electron chi connectivity index (χ1n) is 11.4. The van der Waals surface area contributed by atoms with Crippen molar-refractivity contribution in [2.45, 2.75) is 57.0 Å². The molecule has 2 aliphatic carbocycles. The molecule has 5 rings (SSSR count). The fourth-order valence-electron chi connectivity index (χ4n) is 5.15. The van der Waals surface area contributed by atoms with E-state index in [9.17, 15) is 22.7 Å². The monoisotopic (exact) mass is 473 g/mol. The van der Waals surface area contributed by atoms with E-state index in [1.54, 1.807) is 12.1 Å². The van der Waals surface area contributed by atoms with Gasteiger partial charge in [-0.05, 0) is 65.6 Å². The number of aliphatic hydroxyl groups is 1. The zero-order chi connectivity index (χ0) is 24.4. The molecule has 1 fully saturated rings. The van der Waals surface area contributed by atoms with Gasteiger partial charge in [0.1, 0.15) is 5.82 Å². The van der Waals surface area contributed by atoms with Crippen LogP contribution in [-0.4, -0.2) is 10.1 Å². The minimum absolute atomic E-state index is 0.0645. The predicted octanol–water partition coefficient (Wildman–Crippen LogP) is 7.63. The molecule has 0 bridgehead atoms. The standard InChI is InChI=1S/C27H24F5NO/c1-13(2)25-23(24(29)15-3-7-17(8-4-15)27(30,31)32)21(14-5-9-18(28)10-6-14)22-20(34)12-16-11-19(16)26(22)33-25/h3-10,13,16,19-20,24,34H,11-12H2,1-2H3. The van der Waals surface area contributed by atoms with Crippen molar-refractivity contribution in [3.63, 3.8) is 0 Å². The van der Waals surface area contributed by atoms with Gasteiger partial charge in [-0.25, -0.2) is 8.78 Å². The summed E-state index contributed by atoms with van der Waals surface area (Å²) in [5, 5.41) is 11.0. The maximum atomic E-state index is 16.3. The molecule has 178 valence electrons. The SMILES string of the molecule is CC(C)c1nc2c(c(-c3ccc(F)cc3)c1C(F)c1ccc(C(F)(F)F)cc1)C(O)CC1CC21. The van der Waals surface area contributed by atoms with Gasteiger partial charge in [0.2, 0.25) is 0 Å². The fraction of sp³-hybridized carbons (Fsp3) is 0.370. The first-order valence-corrected chi connectivity index (χ1v) is 11.4. The van der Waals surface area contributed by atoms with E-state index in [0.29, 0.717) is 34.7 Å². The average Bonchev–Trinajstić information content (AvgIpc) is 3.57. The molecular formula is C27H24F5NO. The zero-order valence-corrected chi connectivity index (χ0v) is 18.7. The lowest BCUT2D eigenvalue weighted by Gasteiger charge is -2.29. The molecule has 0 saturated heterocycles. The number of benzene rings is 2. The van der Waals surface area contributed by atoms with Crippen LogP contribution in [0.3, 0.4) is 0 Å². The molecule has 4 unspecified atom stereocenters. The summed E-state index contributed by atoms with van der Waals surface area (Å²) in [4.78, 5) is 4.84. The van der Waals surface area contributed by atoms with Crippen LogP contribution in [0.2, 0.25) is 0 Å². The lowest BCUT2D eigenvalue weighted by molar-refractivity contribution is -0.137. The summed E-state index contributed by atoms with van der Waals surface area (Å²) in [7, 11) is 0. The molecular weight excluding hydrogens is 449 g/mol. The maximum Gasteiger partial charge on any atom is 0.416 e. The third-order valence-corrected chi connectivity index (χ3v) is 6.93.